The molecule has 4 heteroatoms. The normalized spacial score (nSPS) is 20.2. The summed E-state index contributed by atoms with van der Waals surface area (Å²) in [6.45, 7) is 1.59. The van der Waals surface area contributed by atoms with Crippen LogP contribution < -0.4 is 5.73 Å². The van der Waals surface area contributed by atoms with Crippen molar-refractivity contribution >= 4 is 5.78 Å². The molecular weight excluding hydrogens is 158 g/mol. The van der Waals surface area contributed by atoms with Crippen LogP contribution in [0.3, 0.4) is 0 Å². The van der Waals surface area contributed by atoms with E-state index in [1.165, 1.54) is 0 Å². The van der Waals surface area contributed by atoms with Gasteiger partial charge in [0.15, 0.2) is 0 Å². The molecule has 0 aromatic heterocycles. The summed E-state index contributed by atoms with van der Waals surface area (Å²) in [6, 6.07) is 0. The van der Waals surface area contributed by atoms with Crippen LogP contribution in [0.25, 0.3) is 0 Å². The average Bonchev–Trinajstić information content (AvgIpc) is 1.97. The summed E-state index contributed by atoms with van der Waals surface area (Å²) in [5.74, 6) is 0.0752. The van der Waals surface area contributed by atoms with Gasteiger partial charge in [-0.1, -0.05) is 0 Å². The van der Waals surface area contributed by atoms with E-state index in [2.05, 4.69) is 0 Å². The molecule has 0 aliphatic carbocycles. The van der Waals surface area contributed by atoms with Gasteiger partial charge in [0.25, 0.3) is 0 Å². The van der Waals surface area contributed by atoms with Crippen LogP contribution in [0.2, 0.25) is 0 Å². The Morgan fingerprint density at radius 3 is 2.58 bits per heavy atom. The molecule has 1 saturated heterocycles. The highest BCUT2D eigenvalue weighted by Gasteiger charge is 2.38. The van der Waals surface area contributed by atoms with E-state index in [0.29, 0.717) is 26.2 Å². The van der Waals surface area contributed by atoms with Gasteiger partial charge in [0.05, 0.1) is 13.2 Å². The predicted molar refractivity (Wildman–Crippen MR) is 43.6 cm³/mol. The molecule has 4 nitrogen and oxygen atoms in total. The van der Waals surface area contributed by atoms with Gasteiger partial charge in [0.2, 0.25) is 0 Å². The van der Waals surface area contributed by atoms with Gasteiger partial charge in [-0.2, -0.15) is 0 Å². The van der Waals surface area contributed by atoms with Gasteiger partial charge in [0.1, 0.15) is 5.78 Å². The van der Waals surface area contributed by atoms with Crippen LogP contribution in [0.15, 0.2) is 0 Å². The number of aliphatic hydroxyl groups is 1. The Hall–Kier alpha value is -0.450. The number of rotatable bonds is 5. The zero-order chi connectivity index (χ0) is 9.03. The lowest BCUT2D eigenvalue weighted by atomic mass is 9.80. The minimum atomic E-state index is -0.119. The summed E-state index contributed by atoms with van der Waals surface area (Å²) in [7, 11) is 0. The molecule has 12 heavy (non-hydrogen) atoms. The lowest BCUT2D eigenvalue weighted by molar-refractivity contribution is -0.139. The topological polar surface area (TPSA) is 72.6 Å². The molecule has 3 N–H and O–H groups in total. The number of hydrogen-bond donors (Lipinski definition) is 2. The van der Waals surface area contributed by atoms with Crippen LogP contribution in [0.4, 0.5) is 0 Å². The maximum atomic E-state index is 11.1. The van der Waals surface area contributed by atoms with E-state index in [1.54, 1.807) is 0 Å². The summed E-state index contributed by atoms with van der Waals surface area (Å²) in [5, 5.41) is 8.51. The highest BCUT2D eigenvalue weighted by molar-refractivity contribution is 5.79. The lowest BCUT2D eigenvalue weighted by Crippen LogP contribution is -2.49. The minimum Gasteiger partial charge on any atom is -0.396 e. The fourth-order valence-corrected chi connectivity index (χ4v) is 1.31. The third-order valence-corrected chi connectivity index (χ3v) is 2.21. The van der Waals surface area contributed by atoms with Crippen LogP contribution in [-0.2, 0) is 9.53 Å². The molecule has 0 aromatic rings. The van der Waals surface area contributed by atoms with E-state index in [9.17, 15) is 4.79 Å². The molecule has 1 heterocycles. The van der Waals surface area contributed by atoms with E-state index >= 15 is 0 Å². The fraction of sp³-hybridized carbons (Fsp3) is 0.875. The molecule has 0 amide bonds. The van der Waals surface area contributed by atoms with Crippen LogP contribution in [0.1, 0.15) is 12.8 Å². The molecule has 0 bridgehead atoms. The number of hydrogen-bond acceptors (Lipinski definition) is 4. The molecule has 1 fully saturated rings. The molecule has 70 valence electrons. The smallest absolute Gasteiger partial charge is 0.135 e. The quantitative estimate of drug-likeness (QED) is 0.577. The maximum Gasteiger partial charge on any atom is 0.135 e. The zero-order valence-corrected chi connectivity index (χ0v) is 7.08. The molecule has 0 radical (unpaired) electrons. The summed E-state index contributed by atoms with van der Waals surface area (Å²) in [5.41, 5.74) is 5.40. The van der Waals surface area contributed by atoms with Crippen LogP contribution >= 0.6 is 0 Å². The fourth-order valence-electron chi connectivity index (χ4n) is 1.31. The van der Waals surface area contributed by atoms with Crippen molar-refractivity contribution in [1.82, 2.24) is 0 Å². The number of Topliss-reactive ketones (excluding diaryl/α,β-unsaturated/α-hetero) is 1. The van der Waals surface area contributed by atoms with Crippen molar-refractivity contribution < 1.29 is 14.6 Å². The Morgan fingerprint density at radius 1 is 1.58 bits per heavy atom. The number of ether oxygens (including phenoxy) is 1. The van der Waals surface area contributed by atoms with Gasteiger partial charge in [-0.15, -0.1) is 0 Å². The summed E-state index contributed by atoms with van der Waals surface area (Å²) < 4.78 is 5.01. The maximum absolute atomic E-state index is 11.1. The van der Waals surface area contributed by atoms with E-state index < -0.39 is 0 Å². The monoisotopic (exact) mass is 173 g/mol. The third kappa shape index (κ3) is 2.03. The van der Waals surface area contributed by atoms with Crippen molar-refractivity contribution in [2.75, 3.05) is 26.4 Å². The lowest BCUT2D eigenvalue weighted by Gasteiger charge is -2.39. The van der Waals surface area contributed by atoms with E-state index in [1.807, 2.05) is 0 Å². The first-order chi connectivity index (χ1) is 5.72. The van der Waals surface area contributed by atoms with Crippen LogP contribution in [0.5, 0.6) is 0 Å². The summed E-state index contributed by atoms with van der Waals surface area (Å²) >= 11 is 0. The van der Waals surface area contributed by atoms with Gasteiger partial charge in [-0.3, -0.25) is 4.79 Å². The van der Waals surface area contributed by atoms with Gasteiger partial charge in [-0.25, -0.2) is 0 Å². The molecular formula is C8H15NO3. The Balaban J connectivity index is 2.32. The van der Waals surface area contributed by atoms with Gasteiger partial charge in [-0.05, 0) is 0 Å². The van der Waals surface area contributed by atoms with Gasteiger partial charge in [0, 0.05) is 31.4 Å². The van der Waals surface area contributed by atoms with Crippen molar-refractivity contribution in [3.05, 3.63) is 0 Å². The molecule has 1 aliphatic heterocycles. The molecule has 0 saturated carbocycles. The third-order valence-electron chi connectivity index (χ3n) is 2.21. The number of carbonyl (C=O) groups is 1. The number of carbonyl (C=O) groups excluding carboxylic acids is 1. The first-order valence-electron chi connectivity index (χ1n) is 4.13. The van der Waals surface area contributed by atoms with Crippen LogP contribution in [-0.4, -0.2) is 37.3 Å². The van der Waals surface area contributed by atoms with Crippen LogP contribution in [0, 0.1) is 5.41 Å². The molecule has 0 spiro atoms. The van der Waals surface area contributed by atoms with Crippen molar-refractivity contribution in [3.8, 4) is 0 Å². The summed E-state index contributed by atoms with van der Waals surface area (Å²) in [4.78, 5) is 11.1. The second-order valence-corrected chi connectivity index (χ2v) is 3.39. The van der Waals surface area contributed by atoms with Gasteiger partial charge < -0.3 is 15.6 Å². The largest absolute Gasteiger partial charge is 0.396 e. The summed E-state index contributed by atoms with van der Waals surface area (Å²) in [6.07, 6.45) is 0.686. The van der Waals surface area contributed by atoms with Crippen molar-refractivity contribution in [3.63, 3.8) is 0 Å². The van der Waals surface area contributed by atoms with Crippen molar-refractivity contribution in [2.24, 2.45) is 11.1 Å². The minimum absolute atomic E-state index is 0.0691. The highest BCUT2D eigenvalue weighted by Crippen LogP contribution is 2.30. The molecule has 0 atom stereocenters. The van der Waals surface area contributed by atoms with Crippen molar-refractivity contribution in [2.45, 2.75) is 12.8 Å². The second kappa shape index (κ2) is 3.98. The Morgan fingerprint density at radius 2 is 2.25 bits per heavy atom. The molecule has 0 unspecified atom stereocenters. The first-order valence-corrected chi connectivity index (χ1v) is 4.13. The van der Waals surface area contributed by atoms with Crippen molar-refractivity contribution in [1.29, 1.82) is 0 Å². The zero-order valence-electron chi connectivity index (χ0n) is 7.08. The van der Waals surface area contributed by atoms with E-state index in [-0.39, 0.29) is 24.2 Å². The first kappa shape index (κ1) is 9.64. The van der Waals surface area contributed by atoms with E-state index in [0.717, 1.165) is 0 Å². The van der Waals surface area contributed by atoms with Gasteiger partial charge >= 0.3 is 0 Å². The number of aliphatic hydroxyl groups excluding tert-OH is 1. The second-order valence-electron chi connectivity index (χ2n) is 3.39. The number of ketones is 1. The SMILES string of the molecule is NCC1(CC(=O)CCO)COC1. The Labute approximate surface area is 71.7 Å². The Kier molecular flexibility index (Phi) is 3.20. The Bertz CT molecular complexity index is 160. The molecule has 1 aliphatic rings. The standard InChI is InChI=1S/C8H15NO3/c9-4-8(5-12-6-8)3-7(11)1-2-10/h10H,1-6,9H2. The molecule has 1 rings (SSSR count). The predicted octanol–water partition coefficient (Wildman–Crippen LogP) is -0.697. The number of nitrogens with two attached hydrogens (primary N) is 1. The molecule has 0 aromatic carbocycles. The van der Waals surface area contributed by atoms with E-state index in [4.69, 9.17) is 15.6 Å². The highest BCUT2D eigenvalue weighted by atomic mass is 16.5. The average molecular weight is 173 g/mol.